The highest BCUT2D eigenvalue weighted by molar-refractivity contribution is 5.85. The molecule has 118 valence electrons. The van der Waals surface area contributed by atoms with Crippen molar-refractivity contribution >= 4 is 18.3 Å². The molecule has 1 aromatic rings. The number of rotatable bonds is 7. The predicted octanol–water partition coefficient (Wildman–Crippen LogP) is 3.54. The van der Waals surface area contributed by atoms with Gasteiger partial charge in [0.15, 0.2) is 0 Å². The quantitative estimate of drug-likeness (QED) is 0.808. The van der Waals surface area contributed by atoms with Crippen molar-refractivity contribution < 1.29 is 4.79 Å². The van der Waals surface area contributed by atoms with E-state index in [1.165, 1.54) is 16.7 Å². The van der Waals surface area contributed by atoms with Crippen LogP contribution in [0.15, 0.2) is 18.2 Å². The van der Waals surface area contributed by atoms with E-state index in [0.29, 0.717) is 6.54 Å². The second kappa shape index (κ2) is 9.06. The van der Waals surface area contributed by atoms with Gasteiger partial charge in [-0.2, -0.15) is 0 Å². The number of hydrogen-bond acceptors (Lipinski definition) is 2. The van der Waals surface area contributed by atoms with E-state index in [1.807, 2.05) is 0 Å². The molecule has 1 aliphatic rings. The lowest BCUT2D eigenvalue weighted by atomic mass is 9.98. The molecule has 3 nitrogen and oxygen atoms in total. The number of unbranched alkanes of at least 4 members (excludes halogenated alkanes) is 1. The molecule has 0 aliphatic carbocycles. The summed E-state index contributed by atoms with van der Waals surface area (Å²) in [7, 11) is 0. The summed E-state index contributed by atoms with van der Waals surface area (Å²) in [5, 5.41) is 6.43. The van der Waals surface area contributed by atoms with E-state index in [4.69, 9.17) is 0 Å². The van der Waals surface area contributed by atoms with E-state index in [1.54, 1.807) is 0 Å². The van der Waals surface area contributed by atoms with Gasteiger partial charge in [-0.25, -0.2) is 0 Å². The maximum Gasteiger partial charge on any atom is 0.223 e. The van der Waals surface area contributed by atoms with Crippen LogP contribution in [0.4, 0.5) is 0 Å². The maximum absolute atomic E-state index is 12.2. The van der Waals surface area contributed by atoms with E-state index in [0.717, 1.165) is 38.8 Å². The first-order chi connectivity index (χ1) is 9.74. The molecular formula is C17H27ClN2O. The lowest BCUT2D eigenvalue weighted by molar-refractivity contribution is -0.125. The lowest BCUT2D eigenvalue weighted by Gasteiger charge is -2.15. The fourth-order valence-electron chi connectivity index (χ4n) is 2.76. The van der Waals surface area contributed by atoms with Gasteiger partial charge in [-0.15, -0.1) is 12.4 Å². The van der Waals surface area contributed by atoms with Gasteiger partial charge < -0.3 is 10.6 Å². The van der Waals surface area contributed by atoms with Crippen molar-refractivity contribution in [2.45, 2.75) is 59.2 Å². The van der Waals surface area contributed by atoms with Crippen molar-refractivity contribution in [2.75, 3.05) is 0 Å². The summed E-state index contributed by atoms with van der Waals surface area (Å²) >= 11 is 0. The molecule has 2 rings (SSSR count). The Kier molecular flexibility index (Phi) is 7.76. The first-order valence-electron chi connectivity index (χ1n) is 7.83. The van der Waals surface area contributed by atoms with Crippen molar-refractivity contribution in [2.24, 2.45) is 5.92 Å². The fraction of sp³-hybridized carbons (Fsp3) is 0.588. The van der Waals surface area contributed by atoms with Gasteiger partial charge in [0.2, 0.25) is 5.91 Å². The smallest absolute Gasteiger partial charge is 0.223 e. The van der Waals surface area contributed by atoms with Crippen LogP contribution in [-0.2, 0) is 24.4 Å². The molecule has 2 N–H and O–H groups in total. The largest absolute Gasteiger partial charge is 0.352 e. The predicted molar refractivity (Wildman–Crippen MR) is 89.4 cm³/mol. The van der Waals surface area contributed by atoms with E-state index in [2.05, 4.69) is 42.7 Å². The molecule has 0 spiro atoms. The Morgan fingerprint density at radius 2 is 2.05 bits per heavy atom. The minimum absolute atomic E-state index is 0. The lowest BCUT2D eigenvalue weighted by Crippen LogP contribution is -2.30. The van der Waals surface area contributed by atoms with Crippen LogP contribution >= 0.6 is 12.4 Å². The Balaban J connectivity index is 0.00000220. The standard InChI is InChI=1S/C17H26N2O.ClH/c1-3-5-6-14(4-2)17(20)19-10-13-7-8-15-11-18-12-16(15)9-13;/h7-9,14,18H,3-6,10-12H2,1-2H3,(H,19,20);1H. The van der Waals surface area contributed by atoms with Crippen molar-refractivity contribution in [1.82, 2.24) is 10.6 Å². The second-order valence-electron chi connectivity index (χ2n) is 5.67. The first-order valence-corrected chi connectivity index (χ1v) is 7.83. The van der Waals surface area contributed by atoms with Crippen LogP contribution in [0, 0.1) is 5.92 Å². The summed E-state index contributed by atoms with van der Waals surface area (Å²) in [6, 6.07) is 6.51. The number of carbonyl (C=O) groups excluding carboxylic acids is 1. The van der Waals surface area contributed by atoms with Gasteiger partial charge in [-0.1, -0.05) is 44.9 Å². The van der Waals surface area contributed by atoms with Crippen LogP contribution in [0.2, 0.25) is 0 Å². The number of nitrogens with one attached hydrogen (secondary N) is 2. The van der Waals surface area contributed by atoms with Crippen molar-refractivity contribution in [3.05, 3.63) is 34.9 Å². The topological polar surface area (TPSA) is 41.1 Å². The Morgan fingerprint density at radius 1 is 1.29 bits per heavy atom. The van der Waals surface area contributed by atoms with Gasteiger partial charge in [0, 0.05) is 25.6 Å². The normalized spacial score (nSPS) is 14.2. The summed E-state index contributed by atoms with van der Waals surface area (Å²) in [4.78, 5) is 12.2. The third-order valence-electron chi connectivity index (χ3n) is 4.14. The number of halogens is 1. The van der Waals surface area contributed by atoms with Crippen LogP contribution in [0.25, 0.3) is 0 Å². The summed E-state index contributed by atoms with van der Waals surface area (Å²) in [5.41, 5.74) is 3.95. The summed E-state index contributed by atoms with van der Waals surface area (Å²) in [5.74, 6) is 0.380. The van der Waals surface area contributed by atoms with Gasteiger partial charge in [0.25, 0.3) is 0 Å². The van der Waals surface area contributed by atoms with Crippen molar-refractivity contribution in [3.63, 3.8) is 0 Å². The number of benzene rings is 1. The summed E-state index contributed by atoms with van der Waals surface area (Å²) < 4.78 is 0. The molecule has 1 amide bonds. The first kappa shape index (κ1) is 18.0. The maximum atomic E-state index is 12.2. The van der Waals surface area contributed by atoms with Gasteiger partial charge in [-0.3, -0.25) is 4.79 Å². The minimum atomic E-state index is 0. The molecule has 1 unspecified atom stereocenters. The van der Waals surface area contributed by atoms with Crippen LogP contribution in [0.1, 0.15) is 56.2 Å². The highest BCUT2D eigenvalue weighted by atomic mass is 35.5. The molecule has 21 heavy (non-hydrogen) atoms. The minimum Gasteiger partial charge on any atom is -0.352 e. The van der Waals surface area contributed by atoms with Gasteiger partial charge in [-0.05, 0) is 29.5 Å². The second-order valence-corrected chi connectivity index (χ2v) is 5.67. The molecule has 0 fully saturated rings. The van der Waals surface area contributed by atoms with E-state index >= 15 is 0 Å². The zero-order chi connectivity index (χ0) is 14.4. The monoisotopic (exact) mass is 310 g/mol. The zero-order valence-corrected chi connectivity index (χ0v) is 13.9. The van der Waals surface area contributed by atoms with Gasteiger partial charge in [0.1, 0.15) is 0 Å². The highest BCUT2D eigenvalue weighted by Gasteiger charge is 2.16. The van der Waals surface area contributed by atoms with Crippen LogP contribution in [0.5, 0.6) is 0 Å². The van der Waals surface area contributed by atoms with Crippen LogP contribution < -0.4 is 10.6 Å². The Bertz CT molecular complexity index is 462. The molecule has 0 saturated carbocycles. The average Bonchev–Trinajstić information content (AvgIpc) is 2.93. The third kappa shape index (κ3) is 5.01. The SMILES string of the molecule is CCCCC(CC)C(=O)NCc1ccc2c(c1)CNC2.Cl. The summed E-state index contributed by atoms with van der Waals surface area (Å²) in [6.07, 6.45) is 4.23. The Hall–Kier alpha value is -1.06. The van der Waals surface area contributed by atoms with E-state index < -0.39 is 0 Å². The number of hydrogen-bond donors (Lipinski definition) is 2. The molecule has 1 aliphatic heterocycles. The van der Waals surface area contributed by atoms with Crippen molar-refractivity contribution in [1.29, 1.82) is 0 Å². The molecule has 1 aromatic carbocycles. The molecule has 0 radical (unpaired) electrons. The van der Waals surface area contributed by atoms with Gasteiger partial charge >= 0.3 is 0 Å². The average molecular weight is 311 g/mol. The molecule has 0 aromatic heterocycles. The van der Waals surface area contributed by atoms with E-state index in [9.17, 15) is 4.79 Å². The molecule has 0 saturated heterocycles. The van der Waals surface area contributed by atoms with Gasteiger partial charge in [0.05, 0.1) is 0 Å². The van der Waals surface area contributed by atoms with Crippen molar-refractivity contribution in [3.8, 4) is 0 Å². The number of fused-ring (bicyclic) bond motifs is 1. The Morgan fingerprint density at radius 3 is 2.76 bits per heavy atom. The fourth-order valence-corrected chi connectivity index (χ4v) is 2.76. The number of amides is 1. The molecule has 4 heteroatoms. The van der Waals surface area contributed by atoms with Crippen LogP contribution in [0.3, 0.4) is 0 Å². The summed E-state index contributed by atoms with van der Waals surface area (Å²) in [6.45, 7) is 6.83. The molecule has 1 atom stereocenters. The zero-order valence-electron chi connectivity index (χ0n) is 13.1. The van der Waals surface area contributed by atoms with E-state index in [-0.39, 0.29) is 24.2 Å². The molecule has 0 bridgehead atoms. The highest BCUT2D eigenvalue weighted by Crippen LogP contribution is 2.17. The molecular weight excluding hydrogens is 284 g/mol. The third-order valence-corrected chi connectivity index (χ3v) is 4.14. The van der Waals surface area contributed by atoms with Crippen LogP contribution in [-0.4, -0.2) is 5.91 Å². The molecule has 1 heterocycles. The Labute approximate surface area is 134 Å². The number of carbonyl (C=O) groups is 1.